The number of nitrogens with zero attached hydrogens (tertiary/aromatic N) is 1. The van der Waals surface area contributed by atoms with Crippen molar-refractivity contribution in [3.05, 3.63) is 71.3 Å². The van der Waals surface area contributed by atoms with Crippen LogP contribution >= 0.6 is 0 Å². The summed E-state index contributed by atoms with van der Waals surface area (Å²) < 4.78 is 31.9. The fourth-order valence-electron chi connectivity index (χ4n) is 3.17. The van der Waals surface area contributed by atoms with Crippen molar-refractivity contribution < 1.29 is 18.3 Å². The number of carbonyl (C=O) groups excluding carboxylic acids is 1. The van der Waals surface area contributed by atoms with Gasteiger partial charge in [-0.2, -0.15) is 4.99 Å². The predicted octanol–water partition coefficient (Wildman–Crippen LogP) is 2.63. The molecule has 0 bridgehead atoms. The molecule has 31 heavy (non-hydrogen) atoms. The average Bonchev–Trinajstić information content (AvgIpc) is 3.22. The fourth-order valence-corrected chi connectivity index (χ4v) is 3.17. The van der Waals surface area contributed by atoms with Gasteiger partial charge in [-0.15, -0.1) is 0 Å². The molecule has 3 rings (SSSR count). The number of nitrogens with one attached hydrogen (secondary N) is 4. The molecule has 166 valence electrons. The maximum absolute atomic E-state index is 13.5. The summed E-state index contributed by atoms with van der Waals surface area (Å²) >= 11 is 0. The smallest absolute Gasteiger partial charge is 0.280 e. The van der Waals surface area contributed by atoms with Crippen molar-refractivity contribution in [2.45, 2.75) is 32.0 Å². The van der Waals surface area contributed by atoms with Crippen molar-refractivity contribution in [1.82, 2.24) is 21.5 Å². The van der Waals surface area contributed by atoms with E-state index in [9.17, 15) is 13.6 Å². The van der Waals surface area contributed by atoms with E-state index in [1.165, 1.54) is 30.3 Å². The summed E-state index contributed by atoms with van der Waals surface area (Å²) in [7, 11) is 0. The Morgan fingerprint density at radius 3 is 2.71 bits per heavy atom. The first kappa shape index (κ1) is 22.8. The van der Waals surface area contributed by atoms with Gasteiger partial charge < -0.3 is 15.4 Å². The standard InChI is InChI=1S/C22H27F2N5O2/c1-2-31-12-4-11-25-22(27-21(30)16-5-3-6-18(24)13-16)26-20-14-19(28-29-20)15-7-9-17(23)10-8-15/h3,5-10,13,19-20,28-29H,2,4,11-12,14H2,1H3,(H2,25,26,27,30). The Morgan fingerprint density at radius 1 is 1.16 bits per heavy atom. The Morgan fingerprint density at radius 2 is 1.97 bits per heavy atom. The van der Waals surface area contributed by atoms with Crippen molar-refractivity contribution >= 4 is 11.9 Å². The minimum atomic E-state index is -0.555. The number of benzene rings is 2. The van der Waals surface area contributed by atoms with Crippen LogP contribution in [0.15, 0.2) is 53.5 Å². The first-order valence-electron chi connectivity index (χ1n) is 10.3. The summed E-state index contributed by atoms with van der Waals surface area (Å²) in [4.78, 5) is 16.6. The van der Waals surface area contributed by atoms with Crippen LogP contribution in [0.3, 0.4) is 0 Å². The highest BCUT2D eigenvalue weighted by Gasteiger charge is 2.26. The molecule has 1 aliphatic heterocycles. The van der Waals surface area contributed by atoms with Crippen LogP contribution in [0.2, 0.25) is 0 Å². The van der Waals surface area contributed by atoms with Gasteiger partial charge in [-0.05, 0) is 49.2 Å². The predicted molar refractivity (Wildman–Crippen MR) is 114 cm³/mol. The van der Waals surface area contributed by atoms with Crippen LogP contribution in [0.5, 0.6) is 0 Å². The molecule has 0 aromatic heterocycles. The van der Waals surface area contributed by atoms with Crippen LogP contribution in [0.25, 0.3) is 0 Å². The van der Waals surface area contributed by atoms with Gasteiger partial charge in [0, 0.05) is 37.8 Å². The highest BCUT2D eigenvalue weighted by Crippen LogP contribution is 2.21. The van der Waals surface area contributed by atoms with Crippen LogP contribution in [0.1, 0.15) is 41.7 Å². The third-order valence-corrected chi connectivity index (χ3v) is 4.73. The van der Waals surface area contributed by atoms with Gasteiger partial charge in [0.15, 0.2) is 0 Å². The van der Waals surface area contributed by atoms with Crippen molar-refractivity contribution in [2.24, 2.45) is 4.99 Å². The van der Waals surface area contributed by atoms with Crippen molar-refractivity contribution in [3.8, 4) is 0 Å². The topological polar surface area (TPSA) is 86.8 Å². The Kier molecular flexibility index (Phi) is 8.45. The minimum absolute atomic E-state index is 0.0313. The van der Waals surface area contributed by atoms with Crippen molar-refractivity contribution in [2.75, 3.05) is 19.8 Å². The van der Waals surface area contributed by atoms with E-state index >= 15 is 0 Å². The molecule has 2 atom stereocenters. The summed E-state index contributed by atoms with van der Waals surface area (Å²) in [6, 6.07) is 11.7. The molecule has 9 heteroatoms. The number of rotatable bonds is 8. The van der Waals surface area contributed by atoms with E-state index in [0.29, 0.717) is 26.2 Å². The van der Waals surface area contributed by atoms with Crippen LogP contribution < -0.4 is 21.5 Å². The second kappa shape index (κ2) is 11.5. The lowest BCUT2D eigenvalue weighted by atomic mass is 10.0. The van der Waals surface area contributed by atoms with Gasteiger partial charge in [-0.1, -0.05) is 18.2 Å². The molecule has 0 radical (unpaired) electrons. The van der Waals surface area contributed by atoms with Crippen molar-refractivity contribution in [1.29, 1.82) is 0 Å². The number of halogens is 2. The third-order valence-electron chi connectivity index (χ3n) is 4.73. The van der Waals surface area contributed by atoms with E-state index in [-0.39, 0.29) is 29.5 Å². The van der Waals surface area contributed by atoms with Gasteiger partial charge in [0.05, 0.1) is 6.17 Å². The van der Waals surface area contributed by atoms with Crippen molar-refractivity contribution in [3.63, 3.8) is 0 Å². The average molecular weight is 431 g/mol. The molecule has 1 aliphatic rings. The largest absolute Gasteiger partial charge is 0.382 e. The molecular weight excluding hydrogens is 404 g/mol. The summed E-state index contributed by atoms with van der Waals surface area (Å²) in [6.45, 7) is 3.70. The number of ether oxygens (including phenoxy) is 1. The Labute approximate surface area is 180 Å². The second-order valence-electron chi connectivity index (χ2n) is 7.08. The van der Waals surface area contributed by atoms with Gasteiger partial charge in [0.25, 0.3) is 5.91 Å². The maximum atomic E-state index is 13.5. The summed E-state index contributed by atoms with van der Waals surface area (Å²) in [5.41, 5.74) is 7.37. The molecule has 0 spiro atoms. The zero-order chi connectivity index (χ0) is 22.1. The molecule has 4 N–H and O–H groups in total. The van der Waals surface area contributed by atoms with Gasteiger partial charge >= 0.3 is 0 Å². The minimum Gasteiger partial charge on any atom is -0.382 e. The Bertz CT molecular complexity index is 892. The summed E-state index contributed by atoms with van der Waals surface area (Å²) in [6.07, 6.45) is 1.14. The van der Waals surface area contributed by atoms with E-state index in [1.54, 1.807) is 12.1 Å². The fraction of sp³-hybridized carbons (Fsp3) is 0.364. The van der Waals surface area contributed by atoms with E-state index < -0.39 is 11.7 Å². The molecule has 1 saturated heterocycles. The van der Waals surface area contributed by atoms with Crippen LogP contribution in [0.4, 0.5) is 8.78 Å². The molecule has 1 amide bonds. The number of amides is 1. The Balaban J connectivity index is 1.64. The zero-order valence-electron chi connectivity index (χ0n) is 17.3. The quantitative estimate of drug-likeness (QED) is 0.292. The second-order valence-corrected chi connectivity index (χ2v) is 7.08. The SMILES string of the molecule is CCOCCCN/C(=N/C(=O)c1cccc(F)c1)NC1CC(c2ccc(F)cc2)NN1. The van der Waals surface area contributed by atoms with E-state index in [2.05, 4.69) is 26.5 Å². The van der Waals surface area contributed by atoms with Gasteiger partial charge in [0.1, 0.15) is 11.6 Å². The zero-order valence-corrected chi connectivity index (χ0v) is 17.3. The molecule has 0 aliphatic carbocycles. The molecule has 2 aromatic rings. The molecule has 1 fully saturated rings. The number of hydrogen-bond donors (Lipinski definition) is 4. The van der Waals surface area contributed by atoms with Gasteiger partial charge in [-0.3, -0.25) is 4.79 Å². The maximum Gasteiger partial charge on any atom is 0.280 e. The molecule has 7 nitrogen and oxygen atoms in total. The summed E-state index contributed by atoms with van der Waals surface area (Å²) in [5, 5.41) is 6.28. The molecule has 2 unspecified atom stereocenters. The number of aliphatic imine (C=N–C) groups is 1. The van der Waals surface area contributed by atoms with Crippen LogP contribution in [-0.2, 0) is 4.74 Å². The Hall–Kier alpha value is -2.88. The first-order chi connectivity index (χ1) is 15.0. The highest BCUT2D eigenvalue weighted by atomic mass is 19.1. The molecule has 1 heterocycles. The number of hydrogen-bond acceptors (Lipinski definition) is 4. The van der Waals surface area contributed by atoms with Crippen LogP contribution in [0, 0.1) is 11.6 Å². The summed E-state index contributed by atoms with van der Waals surface area (Å²) in [5.74, 6) is -1.06. The van der Waals surface area contributed by atoms with E-state index in [1.807, 2.05) is 6.92 Å². The lowest BCUT2D eigenvalue weighted by molar-refractivity contribution is 0.100. The number of hydrazine groups is 1. The number of guanidine groups is 1. The third kappa shape index (κ3) is 7.09. The lowest BCUT2D eigenvalue weighted by Crippen LogP contribution is -2.49. The normalized spacial score (nSPS) is 18.7. The van der Waals surface area contributed by atoms with Gasteiger partial charge in [-0.25, -0.2) is 19.6 Å². The monoisotopic (exact) mass is 431 g/mol. The van der Waals surface area contributed by atoms with E-state index in [0.717, 1.165) is 18.1 Å². The van der Waals surface area contributed by atoms with Crippen LogP contribution in [-0.4, -0.2) is 37.8 Å². The first-order valence-corrected chi connectivity index (χ1v) is 10.3. The lowest BCUT2D eigenvalue weighted by Gasteiger charge is -2.17. The van der Waals surface area contributed by atoms with Gasteiger partial charge in [0.2, 0.25) is 5.96 Å². The number of carbonyl (C=O) groups is 1. The molecule has 2 aromatic carbocycles. The van der Waals surface area contributed by atoms with E-state index in [4.69, 9.17) is 4.74 Å². The highest BCUT2D eigenvalue weighted by molar-refractivity contribution is 6.02. The molecule has 0 saturated carbocycles. The molecular formula is C22H27F2N5O2.